The van der Waals surface area contributed by atoms with Crippen molar-refractivity contribution in [2.24, 2.45) is 5.41 Å². The van der Waals surface area contributed by atoms with Crippen molar-refractivity contribution in [1.82, 2.24) is 9.88 Å². The number of aromatic nitrogens is 1. The van der Waals surface area contributed by atoms with Gasteiger partial charge in [0.15, 0.2) is 0 Å². The lowest BCUT2D eigenvalue weighted by Gasteiger charge is -2.39. The van der Waals surface area contributed by atoms with Gasteiger partial charge in [0.2, 0.25) is 0 Å². The van der Waals surface area contributed by atoms with Crippen molar-refractivity contribution in [2.45, 2.75) is 32.6 Å². The maximum Gasteiger partial charge on any atom is 0.311 e. The third kappa shape index (κ3) is 2.64. The number of hydrogen-bond acceptors (Lipinski definition) is 2. The molecule has 1 aliphatic heterocycles. The lowest BCUT2D eigenvalue weighted by atomic mass is 9.76. The summed E-state index contributed by atoms with van der Waals surface area (Å²) in [6, 6.07) is 3.49. The number of carboxylic acid groups (broad SMARTS) is 1. The monoisotopic (exact) mass is 264 g/mol. The molecule has 2 N–H and O–H groups in total. The number of amides is 1. The van der Waals surface area contributed by atoms with Crippen LogP contribution in [0.5, 0.6) is 0 Å². The molecule has 1 aromatic rings. The maximum absolute atomic E-state index is 12.3. The fraction of sp³-hybridized carbons (Fsp3) is 0.571. The molecular formula is C14H20N2O3. The van der Waals surface area contributed by atoms with Gasteiger partial charge < -0.3 is 15.0 Å². The Labute approximate surface area is 112 Å². The van der Waals surface area contributed by atoms with Crippen LogP contribution in [0.3, 0.4) is 0 Å². The molecular weight excluding hydrogens is 244 g/mol. The van der Waals surface area contributed by atoms with Crippen molar-refractivity contribution in [2.75, 3.05) is 13.1 Å². The lowest BCUT2D eigenvalue weighted by Crippen LogP contribution is -2.50. The van der Waals surface area contributed by atoms with Crippen molar-refractivity contribution in [3.8, 4) is 0 Å². The average molecular weight is 264 g/mol. The van der Waals surface area contributed by atoms with E-state index < -0.39 is 11.4 Å². The van der Waals surface area contributed by atoms with Gasteiger partial charge in [0.25, 0.3) is 5.91 Å². The first-order valence-electron chi connectivity index (χ1n) is 6.75. The third-order valence-electron chi connectivity index (χ3n) is 3.87. The summed E-state index contributed by atoms with van der Waals surface area (Å²) in [6.07, 6.45) is 4.55. The molecule has 0 aromatic carbocycles. The number of aliphatic carboxylic acids is 1. The largest absolute Gasteiger partial charge is 0.481 e. The Balaban J connectivity index is 2.16. The van der Waals surface area contributed by atoms with Gasteiger partial charge in [-0.2, -0.15) is 0 Å². The molecule has 2 rings (SSSR count). The molecule has 1 unspecified atom stereocenters. The molecule has 0 bridgehead atoms. The Morgan fingerprint density at radius 3 is 2.89 bits per heavy atom. The number of carboxylic acids is 1. The van der Waals surface area contributed by atoms with E-state index in [1.54, 1.807) is 23.2 Å². The SMILES string of the molecule is CCCC1(C(=O)O)CCCN(C(=O)c2ccc[nH]2)C1. The third-order valence-corrected chi connectivity index (χ3v) is 3.87. The number of carbonyl (C=O) groups is 2. The second-order valence-electron chi connectivity index (χ2n) is 5.25. The summed E-state index contributed by atoms with van der Waals surface area (Å²) in [4.78, 5) is 28.4. The Morgan fingerprint density at radius 2 is 2.32 bits per heavy atom. The van der Waals surface area contributed by atoms with Crippen molar-refractivity contribution in [1.29, 1.82) is 0 Å². The second kappa shape index (κ2) is 5.47. The van der Waals surface area contributed by atoms with E-state index in [-0.39, 0.29) is 5.91 Å². The van der Waals surface area contributed by atoms with Crippen LogP contribution in [0.2, 0.25) is 0 Å². The summed E-state index contributed by atoms with van der Waals surface area (Å²) in [5.41, 5.74) is -0.243. The number of piperidine rings is 1. The molecule has 1 amide bonds. The minimum Gasteiger partial charge on any atom is -0.481 e. The Kier molecular flexibility index (Phi) is 3.93. The molecule has 0 aliphatic carbocycles. The van der Waals surface area contributed by atoms with Crippen LogP contribution in [0.25, 0.3) is 0 Å². The standard InChI is InChI=1S/C14H20N2O3/c1-2-6-14(13(18)19)7-4-9-16(10-14)12(17)11-5-3-8-15-11/h3,5,8,15H,2,4,6-7,9-10H2,1H3,(H,18,19). The van der Waals surface area contributed by atoms with Gasteiger partial charge in [-0.15, -0.1) is 0 Å². The molecule has 1 saturated heterocycles. The fourth-order valence-corrected chi connectivity index (χ4v) is 2.90. The number of carbonyl (C=O) groups excluding carboxylic acids is 1. The molecule has 2 heterocycles. The topological polar surface area (TPSA) is 73.4 Å². The van der Waals surface area contributed by atoms with Gasteiger partial charge in [0, 0.05) is 19.3 Å². The second-order valence-corrected chi connectivity index (χ2v) is 5.25. The van der Waals surface area contributed by atoms with Crippen LogP contribution in [0, 0.1) is 5.41 Å². The van der Waals surface area contributed by atoms with E-state index in [0.29, 0.717) is 31.6 Å². The summed E-state index contributed by atoms with van der Waals surface area (Å²) in [6.45, 7) is 2.93. The van der Waals surface area contributed by atoms with Crippen LogP contribution in [0.4, 0.5) is 0 Å². The van der Waals surface area contributed by atoms with Crippen LogP contribution in [0.1, 0.15) is 43.1 Å². The quantitative estimate of drug-likeness (QED) is 0.874. The van der Waals surface area contributed by atoms with Crippen molar-refractivity contribution < 1.29 is 14.7 Å². The molecule has 1 aliphatic rings. The Hall–Kier alpha value is -1.78. The number of aromatic amines is 1. The molecule has 1 fully saturated rings. The number of rotatable bonds is 4. The van der Waals surface area contributed by atoms with Crippen LogP contribution in [-0.4, -0.2) is 40.0 Å². The van der Waals surface area contributed by atoms with Gasteiger partial charge in [-0.1, -0.05) is 13.3 Å². The number of H-pyrrole nitrogens is 1. The van der Waals surface area contributed by atoms with Crippen molar-refractivity contribution in [3.63, 3.8) is 0 Å². The highest BCUT2D eigenvalue weighted by Gasteiger charge is 2.42. The van der Waals surface area contributed by atoms with Crippen LogP contribution < -0.4 is 0 Å². The van der Waals surface area contributed by atoms with Gasteiger partial charge >= 0.3 is 5.97 Å². The fourth-order valence-electron chi connectivity index (χ4n) is 2.90. The summed E-state index contributed by atoms with van der Waals surface area (Å²) < 4.78 is 0. The van der Waals surface area contributed by atoms with Gasteiger partial charge in [-0.25, -0.2) is 0 Å². The van der Waals surface area contributed by atoms with Gasteiger partial charge in [-0.05, 0) is 31.4 Å². The highest BCUT2D eigenvalue weighted by atomic mass is 16.4. The molecule has 1 aromatic heterocycles. The Morgan fingerprint density at radius 1 is 1.53 bits per heavy atom. The summed E-state index contributed by atoms with van der Waals surface area (Å²) in [5.74, 6) is -0.884. The first-order valence-corrected chi connectivity index (χ1v) is 6.75. The highest BCUT2D eigenvalue weighted by molar-refractivity contribution is 5.93. The highest BCUT2D eigenvalue weighted by Crippen LogP contribution is 2.35. The normalized spacial score (nSPS) is 23.3. The van der Waals surface area contributed by atoms with Crippen LogP contribution in [0.15, 0.2) is 18.3 Å². The molecule has 0 spiro atoms. The molecule has 0 radical (unpaired) electrons. The minimum atomic E-state index is -0.779. The molecule has 5 nitrogen and oxygen atoms in total. The zero-order valence-corrected chi connectivity index (χ0v) is 11.2. The number of hydrogen-bond donors (Lipinski definition) is 2. The van der Waals surface area contributed by atoms with E-state index in [1.807, 2.05) is 6.92 Å². The predicted octanol–water partition coefficient (Wildman–Crippen LogP) is 2.12. The Bertz CT molecular complexity index is 451. The smallest absolute Gasteiger partial charge is 0.311 e. The zero-order valence-electron chi connectivity index (χ0n) is 11.2. The van der Waals surface area contributed by atoms with Gasteiger partial charge in [0.05, 0.1) is 5.41 Å². The van der Waals surface area contributed by atoms with Gasteiger partial charge in [-0.3, -0.25) is 9.59 Å². The lowest BCUT2D eigenvalue weighted by molar-refractivity contribution is -0.152. The van der Waals surface area contributed by atoms with E-state index in [4.69, 9.17) is 0 Å². The van der Waals surface area contributed by atoms with Crippen molar-refractivity contribution in [3.05, 3.63) is 24.0 Å². The summed E-state index contributed by atoms with van der Waals surface area (Å²) in [7, 11) is 0. The van der Waals surface area contributed by atoms with Gasteiger partial charge in [0.1, 0.15) is 5.69 Å². The van der Waals surface area contributed by atoms with E-state index >= 15 is 0 Å². The van der Waals surface area contributed by atoms with Crippen LogP contribution >= 0.6 is 0 Å². The number of nitrogens with one attached hydrogen (secondary N) is 1. The average Bonchev–Trinajstić information content (AvgIpc) is 2.92. The molecule has 0 saturated carbocycles. The predicted molar refractivity (Wildman–Crippen MR) is 70.9 cm³/mol. The molecule has 19 heavy (non-hydrogen) atoms. The van der Waals surface area contributed by atoms with Crippen molar-refractivity contribution >= 4 is 11.9 Å². The molecule has 104 valence electrons. The van der Waals surface area contributed by atoms with E-state index in [0.717, 1.165) is 12.8 Å². The summed E-state index contributed by atoms with van der Waals surface area (Å²) >= 11 is 0. The van der Waals surface area contributed by atoms with E-state index in [9.17, 15) is 14.7 Å². The summed E-state index contributed by atoms with van der Waals surface area (Å²) in [5, 5.41) is 9.50. The first kappa shape index (κ1) is 13.6. The maximum atomic E-state index is 12.3. The van der Waals surface area contributed by atoms with E-state index in [1.165, 1.54) is 0 Å². The number of likely N-dealkylation sites (tertiary alicyclic amines) is 1. The molecule has 5 heteroatoms. The minimum absolute atomic E-state index is 0.105. The van der Waals surface area contributed by atoms with E-state index in [2.05, 4.69) is 4.98 Å². The number of nitrogens with zero attached hydrogens (tertiary/aromatic N) is 1. The zero-order chi connectivity index (χ0) is 13.9. The van der Waals surface area contributed by atoms with Crippen LogP contribution in [-0.2, 0) is 4.79 Å². The molecule has 1 atom stereocenters. The first-order chi connectivity index (χ1) is 9.09.